The highest BCUT2D eigenvalue weighted by atomic mass is 32.2. The summed E-state index contributed by atoms with van der Waals surface area (Å²) in [5.74, 6) is 1.08. The minimum absolute atomic E-state index is 0.0836. The molecule has 21 heavy (non-hydrogen) atoms. The van der Waals surface area contributed by atoms with Crippen LogP contribution in [0.3, 0.4) is 0 Å². The summed E-state index contributed by atoms with van der Waals surface area (Å²) in [7, 11) is -3.62. The van der Waals surface area contributed by atoms with E-state index >= 15 is 0 Å². The third-order valence-electron chi connectivity index (χ3n) is 3.66. The predicted octanol–water partition coefficient (Wildman–Crippen LogP) is 2.53. The van der Waals surface area contributed by atoms with Crippen molar-refractivity contribution in [2.45, 2.75) is 32.6 Å². The van der Waals surface area contributed by atoms with E-state index in [1.165, 1.54) is 6.07 Å². The molecule has 0 aliphatic rings. The first-order valence-electron chi connectivity index (χ1n) is 7.05. The van der Waals surface area contributed by atoms with Gasteiger partial charge in [-0.25, -0.2) is 13.1 Å². The van der Waals surface area contributed by atoms with Crippen LogP contribution in [0.5, 0.6) is 0 Å². The van der Waals surface area contributed by atoms with E-state index < -0.39 is 10.0 Å². The van der Waals surface area contributed by atoms with Crippen LogP contribution >= 0.6 is 12.2 Å². The Morgan fingerprint density at radius 1 is 1.19 bits per heavy atom. The number of nitrogens with two attached hydrogens (primary N) is 1. The fourth-order valence-corrected chi connectivity index (χ4v) is 3.96. The van der Waals surface area contributed by atoms with Crippen molar-refractivity contribution in [1.29, 1.82) is 0 Å². The van der Waals surface area contributed by atoms with Gasteiger partial charge in [-0.1, -0.05) is 58.1 Å². The topological polar surface area (TPSA) is 72.2 Å². The Labute approximate surface area is 133 Å². The second kappa shape index (κ2) is 7.33. The third-order valence-corrected chi connectivity index (χ3v) is 5.37. The highest BCUT2D eigenvalue weighted by Crippen LogP contribution is 2.21. The molecule has 0 aliphatic carbocycles. The largest absolute Gasteiger partial charge is 0.389 e. The van der Waals surface area contributed by atoms with Crippen LogP contribution in [-0.4, -0.2) is 20.0 Å². The van der Waals surface area contributed by atoms with E-state index in [0.717, 1.165) is 0 Å². The molecular weight excluding hydrogens is 304 g/mol. The molecular formula is C15H24N2O2S2. The predicted molar refractivity (Wildman–Crippen MR) is 90.7 cm³/mol. The van der Waals surface area contributed by atoms with E-state index in [0.29, 0.717) is 23.9 Å². The van der Waals surface area contributed by atoms with Crippen LogP contribution in [0.25, 0.3) is 0 Å². The smallest absolute Gasteiger partial charge is 0.241 e. The number of thiocarbonyl (C=S) groups is 1. The number of benzene rings is 1. The molecule has 0 saturated carbocycles. The van der Waals surface area contributed by atoms with Crippen molar-refractivity contribution in [3.8, 4) is 0 Å². The fraction of sp³-hybridized carbons (Fsp3) is 0.533. The molecule has 4 nitrogen and oxygen atoms in total. The monoisotopic (exact) mass is 328 g/mol. The van der Waals surface area contributed by atoms with E-state index in [-0.39, 0.29) is 15.8 Å². The van der Waals surface area contributed by atoms with Crippen LogP contribution in [0.2, 0.25) is 0 Å². The van der Waals surface area contributed by atoms with Gasteiger partial charge < -0.3 is 5.73 Å². The molecule has 0 amide bonds. The Balaban J connectivity index is 3.00. The molecule has 1 aromatic carbocycles. The summed E-state index contributed by atoms with van der Waals surface area (Å²) >= 11 is 4.92. The molecule has 1 aromatic rings. The van der Waals surface area contributed by atoms with Gasteiger partial charge in [0.05, 0.1) is 4.90 Å². The van der Waals surface area contributed by atoms with Gasteiger partial charge in [-0.3, -0.25) is 0 Å². The van der Waals surface area contributed by atoms with E-state index in [2.05, 4.69) is 32.4 Å². The normalized spacial score (nSPS) is 12.3. The van der Waals surface area contributed by atoms with Crippen molar-refractivity contribution >= 4 is 27.2 Å². The Kier molecular flexibility index (Phi) is 6.31. The molecule has 1 rings (SSSR count). The lowest BCUT2D eigenvalue weighted by atomic mass is 9.86. The van der Waals surface area contributed by atoms with Crippen LogP contribution in [0.1, 0.15) is 33.3 Å². The molecule has 0 spiro atoms. The Morgan fingerprint density at radius 3 is 2.19 bits per heavy atom. The average Bonchev–Trinajstić information content (AvgIpc) is 2.37. The van der Waals surface area contributed by atoms with Crippen molar-refractivity contribution in [1.82, 2.24) is 4.72 Å². The van der Waals surface area contributed by atoms with Crippen molar-refractivity contribution < 1.29 is 8.42 Å². The lowest BCUT2D eigenvalue weighted by molar-refractivity contribution is 0.289. The molecule has 0 unspecified atom stereocenters. The van der Waals surface area contributed by atoms with Crippen LogP contribution < -0.4 is 10.5 Å². The van der Waals surface area contributed by atoms with Crippen molar-refractivity contribution in [3.63, 3.8) is 0 Å². The standard InChI is InChI=1S/C15H24N2O2S2/c1-10(2)13(11(3)4)9-17-21(18,19)14-8-6-5-7-12(14)15(16)20/h5-8,10-11,13,17H,9H2,1-4H3,(H2,16,20). The number of sulfonamides is 1. The second-order valence-electron chi connectivity index (χ2n) is 5.86. The van der Waals surface area contributed by atoms with Crippen LogP contribution in [0.4, 0.5) is 0 Å². The molecule has 0 saturated heterocycles. The number of nitrogens with one attached hydrogen (secondary N) is 1. The minimum Gasteiger partial charge on any atom is -0.389 e. The van der Waals surface area contributed by atoms with Gasteiger partial charge in [0, 0.05) is 12.1 Å². The van der Waals surface area contributed by atoms with E-state index in [4.69, 9.17) is 18.0 Å². The van der Waals surface area contributed by atoms with Crippen molar-refractivity contribution in [2.75, 3.05) is 6.54 Å². The molecule has 3 N–H and O–H groups in total. The van der Waals surface area contributed by atoms with Gasteiger partial charge >= 0.3 is 0 Å². The van der Waals surface area contributed by atoms with Gasteiger partial charge in [0.15, 0.2) is 0 Å². The zero-order chi connectivity index (χ0) is 16.2. The SMILES string of the molecule is CC(C)C(CNS(=O)(=O)c1ccccc1C(N)=S)C(C)C. The van der Waals surface area contributed by atoms with Crippen LogP contribution in [-0.2, 0) is 10.0 Å². The molecule has 118 valence electrons. The minimum atomic E-state index is -3.62. The molecule has 0 aromatic heterocycles. The maximum absolute atomic E-state index is 12.5. The zero-order valence-electron chi connectivity index (χ0n) is 13.0. The maximum Gasteiger partial charge on any atom is 0.241 e. The molecule has 0 atom stereocenters. The van der Waals surface area contributed by atoms with Crippen LogP contribution in [0, 0.1) is 17.8 Å². The number of hydrogen-bond acceptors (Lipinski definition) is 3. The van der Waals surface area contributed by atoms with Gasteiger partial charge in [0.1, 0.15) is 4.99 Å². The Morgan fingerprint density at radius 2 is 1.71 bits per heavy atom. The fourth-order valence-electron chi connectivity index (χ4n) is 2.43. The number of hydrogen-bond donors (Lipinski definition) is 2. The number of rotatable bonds is 7. The molecule has 6 heteroatoms. The maximum atomic E-state index is 12.5. The highest BCUT2D eigenvalue weighted by molar-refractivity contribution is 7.89. The summed E-state index contributed by atoms with van der Waals surface area (Å²) in [6, 6.07) is 6.53. The van der Waals surface area contributed by atoms with Crippen molar-refractivity contribution in [2.24, 2.45) is 23.5 Å². The first kappa shape index (κ1) is 18.1. The molecule has 0 bridgehead atoms. The summed E-state index contributed by atoms with van der Waals surface area (Å²) in [5.41, 5.74) is 5.98. The van der Waals surface area contributed by atoms with Gasteiger partial charge in [0.25, 0.3) is 0 Å². The second-order valence-corrected chi connectivity index (χ2v) is 8.04. The molecule has 0 radical (unpaired) electrons. The zero-order valence-corrected chi connectivity index (χ0v) is 14.6. The lowest BCUT2D eigenvalue weighted by Crippen LogP contribution is -2.34. The molecule has 0 heterocycles. The van der Waals surface area contributed by atoms with Crippen molar-refractivity contribution in [3.05, 3.63) is 29.8 Å². The van der Waals surface area contributed by atoms with E-state index in [9.17, 15) is 8.42 Å². The summed E-state index contributed by atoms with van der Waals surface area (Å²) in [4.78, 5) is 0.226. The van der Waals surface area contributed by atoms with Gasteiger partial charge in [-0.05, 0) is 23.8 Å². The molecule has 0 fully saturated rings. The third kappa shape index (κ3) is 4.76. The van der Waals surface area contributed by atoms with Gasteiger partial charge in [-0.2, -0.15) is 0 Å². The summed E-state index contributed by atoms with van der Waals surface area (Å²) in [6.45, 7) is 8.80. The molecule has 0 aliphatic heterocycles. The summed E-state index contributed by atoms with van der Waals surface area (Å²) in [6.07, 6.45) is 0. The summed E-state index contributed by atoms with van der Waals surface area (Å²) < 4.78 is 27.7. The van der Waals surface area contributed by atoms with Gasteiger partial charge in [0.2, 0.25) is 10.0 Å². The van der Waals surface area contributed by atoms with Crippen LogP contribution in [0.15, 0.2) is 29.2 Å². The van der Waals surface area contributed by atoms with Gasteiger partial charge in [-0.15, -0.1) is 0 Å². The Bertz CT molecular complexity index is 587. The summed E-state index contributed by atoms with van der Waals surface area (Å²) in [5, 5.41) is 0. The Hall–Kier alpha value is -0.980. The highest BCUT2D eigenvalue weighted by Gasteiger charge is 2.23. The average molecular weight is 329 g/mol. The first-order chi connectivity index (χ1) is 9.66. The lowest BCUT2D eigenvalue weighted by Gasteiger charge is -2.25. The first-order valence-corrected chi connectivity index (χ1v) is 8.94. The quantitative estimate of drug-likeness (QED) is 0.755. The van der Waals surface area contributed by atoms with E-state index in [1.54, 1.807) is 18.2 Å². The van der Waals surface area contributed by atoms with E-state index in [1.807, 2.05) is 0 Å².